The number of para-hydroxylation sites is 1. The number of H-pyrrole nitrogens is 1. The number of ether oxygens (including phenoxy) is 2. The third-order valence-electron chi connectivity index (χ3n) is 21.2. The molecule has 36 nitrogen and oxygen atoms in total. The van der Waals surface area contributed by atoms with Crippen molar-refractivity contribution < 1.29 is 106 Å². The second-order valence-corrected chi connectivity index (χ2v) is 31.7. The number of benzene rings is 4. The van der Waals surface area contributed by atoms with Crippen LogP contribution < -0.4 is 75.9 Å². The fourth-order valence-electron chi connectivity index (χ4n) is 14.4. The van der Waals surface area contributed by atoms with Crippen molar-refractivity contribution in [3.8, 4) is 5.75 Å². The third-order valence-corrected chi connectivity index (χ3v) is 22.3. The Morgan fingerprint density at radius 1 is 0.642 bits per heavy atom. The number of aromatic nitrogens is 1. The topological polar surface area (TPSA) is 608 Å². The van der Waals surface area contributed by atoms with Crippen molar-refractivity contribution in [1.29, 1.82) is 0 Å². The fraction of sp³-hybridized carbons (Fsp3) is 0.494. The van der Waals surface area contributed by atoms with E-state index in [4.69, 9.17) is 38.1 Å². The van der Waals surface area contributed by atoms with E-state index in [1.807, 2.05) is 18.2 Å². The molecule has 1 aromatic heterocycles. The zero-order chi connectivity index (χ0) is 87.9. The number of nitrogens with one attached hydrogen (secondary N) is 9. The van der Waals surface area contributed by atoms with Crippen molar-refractivity contribution in [1.82, 2.24) is 47.5 Å². The summed E-state index contributed by atoms with van der Waals surface area (Å²) >= 11 is 1.02. The Labute approximate surface area is 696 Å². The molecule has 0 aliphatic carbocycles. The van der Waals surface area contributed by atoms with Gasteiger partial charge in [0.05, 0.1) is 48.5 Å². The zero-order valence-electron chi connectivity index (χ0n) is 67.2. The molecule has 4 aromatic carbocycles. The summed E-state index contributed by atoms with van der Waals surface area (Å²) in [6.45, 7) is 2.75. The maximum absolute atomic E-state index is 15.9. The molecule has 2 fully saturated rings. The highest BCUT2D eigenvalue weighted by atomic mass is 32.2. The molecule has 120 heavy (non-hydrogen) atoms. The van der Waals surface area contributed by atoms with Crippen LogP contribution in [0.5, 0.6) is 5.75 Å². The fourth-order valence-corrected chi connectivity index (χ4v) is 15.6. The summed E-state index contributed by atoms with van der Waals surface area (Å²) < 4.78 is 11.6. The largest absolute Gasteiger partial charge is 0.492 e. The van der Waals surface area contributed by atoms with Gasteiger partial charge >= 0.3 is 5.97 Å². The number of nitrogens with two attached hydrogens (primary N) is 5. The maximum atomic E-state index is 15.9. The molecule has 2 saturated heterocycles. The minimum atomic E-state index is -1.91. The summed E-state index contributed by atoms with van der Waals surface area (Å²) in [7, 11) is 1.73. The predicted molar refractivity (Wildman–Crippen MR) is 437 cm³/mol. The summed E-state index contributed by atoms with van der Waals surface area (Å²) in [6.07, 6.45) is -9.74. The van der Waals surface area contributed by atoms with Crippen LogP contribution in [0.1, 0.15) is 133 Å². The lowest BCUT2D eigenvalue weighted by Gasteiger charge is -2.38. The van der Waals surface area contributed by atoms with Gasteiger partial charge in [0.1, 0.15) is 30.0 Å². The first-order chi connectivity index (χ1) is 57.0. The van der Waals surface area contributed by atoms with Crippen LogP contribution in [0.25, 0.3) is 21.7 Å². The van der Waals surface area contributed by atoms with E-state index < -0.39 is 260 Å². The van der Waals surface area contributed by atoms with E-state index in [1.54, 1.807) is 86.0 Å². The van der Waals surface area contributed by atoms with Crippen LogP contribution >= 0.6 is 11.8 Å². The monoisotopic (exact) mass is 1680 g/mol. The number of aromatic amines is 1. The summed E-state index contributed by atoms with van der Waals surface area (Å²) in [6, 6.07) is 16.2. The number of hydrogen-bond donors (Lipinski definition) is 16. The van der Waals surface area contributed by atoms with Gasteiger partial charge in [-0.25, -0.2) is 0 Å². The molecule has 7 rings (SSSR count). The average molecular weight is 1690 g/mol. The molecule has 0 saturated carbocycles. The number of fused-ring (bicyclic) bond motifs is 2. The molecule has 0 bridgehead atoms. The number of ketones is 5. The molecule has 21 N–H and O–H groups in total. The van der Waals surface area contributed by atoms with Gasteiger partial charge in [-0.15, -0.1) is 0 Å². The minimum Gasteiger partial charge on any atom is -0.492 e. The van der Waals surface area contributed by atoms with E-state index in [1.165, 1.54) is 6.92 Å². The van der Waals surface area contributed by atoms with Crippen molar-refractivity contribution >= 4 is 139 Å². The third kappa shape index (κ3) is 29.9. The van der Waals surface area contributed by atoms with Crippen molar-refractivity contribution in [3.63, 3.8) is 0 Å². The Kier molecular flexibility index (Phi) is 36.9. The maximum Gasteiger partial charge on any atom is 0.303 e. The molecule has 12 amide bonds. The van der Waals surface area contributed by atoms with E-state index in [9.17, 15) is 67.7 Å². The van der Waals surface area contributed by atoms with Gasteiger partial charge in [0.15, 0.2) is 28.9 Å². The molecule has 5 aromatic rings. The number of hydrogen-bond acceptors (Lipinski definition) is 23. The van der Waals surface area contributed by atoms with Crippen molar-refractivity contribution in [3.05, 3.63) is 114 Å². The predicted octanol–water partition coefficient (Wildman–Crippen LogP) is -0.432. The van der Waals surface area contributed by atoms with E-state index in [2.05, 4.69) is 47.5 Å². The van der Waals surface area contributed by atoms with Crippen LogP contribution in [0.4, 0.5) is 0 Å². The van der Waals surface area contributed by atoms with Crippen LogP contribution in [0, 0.1) is 29.6 Å². The number of carboxylic acids is 1. The Hall–Kier alpha value is -11.8. The smallest absolute Gasteiger partial charge is 0.303 e. The normalized spacial score (nSPS) is 19.8. The van der Waals surface area contributed by atoms with Crippen LogP contribution in [-0.4, -0.2) is 214 Å². The number of aliphatic hydroxyl groups excluding tert-OH is 1. The second-order valence-electron chi connectivity index (χ2n) is 30.5. The zero-order valence-corrected chi connectivity index (χ0v) is 68.0. The number of carbonyl (C=O) groups excluding carboxylic acids is 17. The van der Waals surface area contributed by atoms with Crippen LogP contribution in [0.2, 0.25) is 0 Å². The lowest BCUT2D eigenvalue weighted by atomic mass is 9.79. The highest BCUT2D eigenvalue weighted by Gasteiger charge is 2.46. The number of aliphatic carboxylic acids is 1. The van der Waals surface area contributed by atoms with Crippen LogP contribution in [-0.2, 0) is 110 Å². The minimum absolute atomic E-state index is 0.0589. The lowest BCUT2D eigenvalue weighted by molar-refractivity contribution is -0.142. The first kappa shape index (κ1) is 95.3. The summed E-state index contributed by atoms with van der Waals surface area (Å²) in [4.78, 5) is 254. The van der Waals surface area contributed by atoms with Gasteiger partial charge in [0.2, 0.25) is 70.9 Å². The van der Waals surface area contributed by atoms with E-state index in [0.29, 0.717) is 39.9 Å². The highest BCUT2D eigenvalue weighted by molar-refractivity contribution is 7.99. The van der Waals surface area contributed by atoms with Crippen LogP contribution in [0.15, 0.2) is 97.2 Å². The molecule has 0 spiro atoms. The van der Waals surface area contributed by atoms with Gasteiger partial charge in [-0.3, -0.25) is 86.3 Å². The number of amides is 12. The Balaban J connectivity index is 1.30. The van der Waals surface area contributed by atoms with Gasteiger partial charge in [0.25, 0.3) is 0 Å². The average Bonchev–Trinajstić information content (AvgIpc) is 1.79. The number of primary amides is 5. The van der Waals surface area contributed by atoms with Gasteiger partial charge in [-0.2, -0.15) is 11.8 Å². The number of aliphatic hydroxyl groups is 1. The molecule has 2 aliphatic rings. The van der Waals surface area contributed by atoms with Gasteiger partial charge in [0, 0.05) is 144 Å². The number of carbonyl (C=O) groups is 18. The number of carboxylic acid groups (broad SMARTS) is 1. The molecule has 2 aliphatic heterocycles. The number of thioether (sulfide) groups is 1. The van der Waals surface area contributed by atoms with Crippen molar-refractivity contribution in [2.75, 3.05) is 44.9 Å². The molecular formula is C83H108N14O22S. The Morgan fingerprint density at radius 3 is 1.93 bits per heavy atom. The van der Waals surface area contributed by atoms with E-state index in [0.717, 1.165) is 29.5 Å². The number of likely N-dealkylation sites (N-methyl/N-ethyl adjacent to an activating group) is 1. The first-order valence-corrected chi connectivity index (χ1v) is 40.8. The molecule has 12 atom stereocenters. The van der Waals surface area contributed by atoms with E-state index in [-0.39, 0.29) is 76.3 Å². The molecule has 3 heterocycles. The van der Waals surface area contributed by atoms with Gasteiger partial charge < -0.3 is 95.9 Å². The van der Waals surface area contributed by atoms with Gasteiger partial charge in [-0.1, -0.05) is 72.8 Å². The molecule has 12 unspecified atom stereocenters. The van der Waals surface area contributed by atoms with E-state index >= 15 is 28.8 Å². The summed E-state index contributed by atoms with van der Waals surface area (Å²) in [5, 5.41) is 44.7. The standard InChI is InChI=1S/C83H108N14O22S/c1-45(98)75-82(117)95-64(35-55-43-90-59-11-7-6-10-58(55)59)81(116)92-60(20-22-71(85)106)66(101)39-56(44-120-31-24-61(91-46(2)99)65(100)36-51(78(113)96-75)16-21-70(84)105)79(114)93-62(34-47-13-18-57(19-14-47)119-30-27-89-3)68(103)38-54(33-48-12-15-49-8-4-5-9-50(49)32-48)80(115)97-83(25-28-118-29-26-83)69(104)40-52(17-23-74(109)110)77(112)94-63(42-73(87)108)67(102)37-53(76(88)111)41-72(86)107/h4-15,18-19,32,43,45,51-54,56,60-64,75,89-90,98H,16-17,20-31,33-42,44H2,1-3H3,(H2,84,105)(H2,85,106)(H2,86,107)(H2,87,108)(H2,88,111)(H,91,99)(H,92,116)(H,93,114)(H,94,112)(H,95,117)(H,96,113)(H,97,115)(H,109,110). The second kappa shape index (κ2) is 46.5. The quantitative estimate of drug-likeness (QED) is 0.0221. The van der Waals surface area contributed by atoms with Crippen LogP contribution in [0.3, 0.4) is 0 Å². The SMILES string of the molecule is CNCCOc1ccc(CC(NC(=O)C2CSCCC(NC(C)=O)C(=O)CC(CCC(N)=O)C(=O)NC(C(C)O)C(=O)NC(Cc3c[nH]c4ccccc34)C(=O)NC(CCC(N)=O)C(=O)C2)C(=O)CC(Cc2ccc3ccccc3c2)C(=O)NC2(C(=O)CC(CCC(=O)O)C(=O)NC(CC(N)=O)C(=O)CC(CC(N)=O)C(N)=O)CCOCC2)cc1. The Bertz CT molecular complexity index is 4570. The molecule has 648 valence electrons. The summed E-state index contributed by atoms with van der Waals surface area (Å²) in [5.74, 6) is -24.5. The highest BCUT2D eigenvalue weighted by Crippen LogP contribution is 2.31. The van der Waals surface area contributed by atoms with Crippen molar-refractivity contribution in [2.24, 2.45) is 58.3 Å². The summed E-state index contributed by atoms with van der Waals surface area (Å²) in [5.41, 5.74) is 27.6. The molecule has 37 heteroatoms. The first-order valence-electron chi connectivity index (χ1n) is 39.6. The van der Waals surface area contributed by atoms with Crippen molar-refractivity contribution in [2.45, 2.75) is 184 Å². The Morgan fingerprint density at radius 2 is 1.28 bits per heavy atom. The lowest BCUT2D eigenvalue weighted by Crippen LogP contribution is -2.59. The number of rotatable bonds is 41. The molecular weight excluding hydrogens is 1580 g/mol. The van der Waals surface area contributed by atoms with Gasteiger partial charge in [-0.05, 0) is 104 Å². The number of Topliss-reactive ketones (excluding diaryl/α,β-unsaturated/α-hetero) is 5. The molecule has 0 radical (unpaired) electrons.